The summed E-state index contributed by atoms with van der Waals surface area (Å²) in [5.74, 6) is -2.50. The number of halogens is 2. The van der Waals surface area contributed by atoms with E-state index >= 15 is 0 Å². The van der Waals surface area contributed by atoms with Gasteiger partial charge in [-0.1, -0.05) is 24.6 Å². The summed E-state index contributed by atoms with van der Waals surface area (Å²) < 4.78 is 53.5. The van der Waals surface area contributed by atoms with Crippen LogP contribution in [0.15, 0.2) is 53.4 Å². The molecule has 1 saturated heterocycles. The molecule has 1 amide bonds. The molecule has 1 aliphatic rings. The lowest BCUT2D eigenvalue weighted by Gasteiger charge is -2.34. The predicted octanol–water partition coefficient (Wildman–Crippen LogP) is 3.54. The summed E-state index contributed by atoms with van der Waals surface area (Å²) in [7, 11) is -3.70. The molecule has 2 aromatic carbocycles. The van der Waals surface area contributed by atoms with Crippen molar-refractivity contribution >= 4 is 21.6 Å². The first-order valence-corrected chi connectivity index (χ1v) is 10.1. The molecule has 1 heterocycles. The van der Waals surface area contributed by atoms with Crippen molar-refractivity contribution in [2.75, 3.05) is 11.9 Å². The number of nitrogens with one attached hydrogen (secondary N) is 1. The molecule has 1 aliphatic heterocycles. The Balaban J connectivity index is 1.73. The molecule has 0 bridgehead atoms. The first kappa shape index (κ1) is 19.4. The van der Waals surface area contributed by atoms with Gasteiger partial charge in [-0.15, -0.1) is 0 Å². The van der Waals surface area contributed by atoms with E-state index in [0.717, 1.165) is 25.0 Å². The van der Waals surface area contributed by atoms with Gasteiger partial charge in [0.1, 0.15) is 0 Å². The third-order valence-corrected chi connectivity index (χ3v) is 6.51. The van der Waals surface area contributed by atoms with Gasteiger partial charge in [-0.25, -0.2) is 17.2 Å². The molecule has 1 N–H and O–H groups in total. The normalized spacial score (nSPS) is 18.2. The average Bonchev–Trinajstić information content (AvgIpc) is 2.66. The van der Waals surface area contributed by atoms with Crippen molar-refractivity contribution in [3.8, 4) is 0 Å². The number of carbonyl (C=O) groups is 1. The molecule has 144 valence electrons. The van der Waals surface area contributed by atoms with E-state index in [9.17, 15) is 22.0 Å². The molecule has 5 nitrogen and oxygen atoms in total. The second kappa shape index (κ2) is 8.14. The summed E-state index contributed by atoms with van der Waals surface area (Å²) in [5.41, 5.74) is 0.132. The molecule has 0 radical (unpaired) electrons. The molecule has 8 heteroatoms. The van der Waals surface area contributed by atoms with Gasteiger partial charge < -0.3 is 5.32 Å². The summed E-state index contributed by atoms with van der Waals surface area (Å²) in [6, 6.07) is 10.7. The second-order valence-corrected chi connectivity index (χ2v) is 8.35. The highest BCUT2D eigenvalue weighted by Gasteiger charge is 2.34. The fraction of sp³-hybridized carbons (Fsp3) is 0.316. The van der Waals surface area contributed by atoms with E-state index in [1.807, 2.05) is 0 Å². The lowest BCUT2D eigenvalue weighted by atomic mass is 10.0. The Bertz CT molecular complexity index is 920. The van der Waals surface area contributed by atoms with Crippen LogP contribution in [0.1, 0.15) is 25.7 Å². The van der Waals surface area contributed by atoms with Gasteiger partial charge in [0.05, 0.1) is 4.90 Å². The zero-order chi connectivity index (χ0) is 19.4. The van der Waals surface area contributed by atoms with Gasteiger partial charge in [0.25, 0.3) is 0 Å². The van der Waals surface area contributed by atoms with Crippen LogP contribution in [0.4, 0.5) is 14.5 Å². The number of rotatable bonds is 5. The topological polar surface area (TPSA) is 66.5 Å². The maximum atomic E-state index is 13.3. The predicted molar refractivity (Wildman–Crippen MR) is 97.6 cm³/mol. The van der Waals surface area contributed by atoms with E-state index in [-0.39, 0.29) is 17.0 Å². The van der Waals surface area contributed by atoms with Crippen LogP contribution in [-0.4, -0.2) is 31.2 Å². The van der Waals surface area contributed by atoms with Gasteiger partial charge in [0, 0.05) is 30.8 Å². The molecule has 1 fully saturated rings. The number of carbonyl (C=O) groups excluding carboxylic acids is 1. The molecular formula is C19H20F2N2O3S. The minimum atomic E-state index is -3.70. The zero-order valence-electron chi connectivity index (χ0n) is 14.6. The molecule has 0 aliphatic carbocycles. The van der Waals surface area contributed by atoms with Crippen LogP contribution < -0.4 is 5.32 Å². The quantitative estimate of drug-likeness (QED) is 0.844. The lowest BCUT2D eigenvalue weighted by molar-refractivity contribution is -0.117. The van der Waals surface area contributed by atoms with E-state index in [1.54, 1.807) is 18.2 Å². The Morgan fingerprint density at radius 1 is 1.07 bits per heavy atom. The Morgan fingerprint density at radius 2 is 1.81 bits per heavy atom. The Kier molecular flexibility index (Phi) is 5.86. The van der Waals surface area contributed by atoms with Crippen molar-refractivity contribution in [2.24, 2.45) is 0 Å². The summed E-state index contributed by atoms with van der Waals surface area (Å²) in [6.45, 7) is 0.348. The summed E-state index contributed by atoms with van der Waals surface area (Å²) >= 11 is 0. The summed E-state index contributed by atoms with van der Waals surface area (Å²) in [6.07, 6.45) is 2.07. The van der Waals surface area contributed by atoms with Gasteiger partial charge in [0.15, 0.2) is 11.6 Å². The number of hydrogen-bond donors (Lipinski definition) is 1. The highest BCUT2D eigenvalue weighted by atomic mass is 32.2. The van der Waals surface area contributed by atoms with E-state index < -0.39 is 33.6 Å². The van der Waals surface area contributed by atoms with Crippen LogP contribution in [0.3, 0.4) is 0 Å². The van der Waals surface area contributed by atoms with Crippen molar-refractivity contribution in [2.45, 2.75) is 36.6 Å². The molecule has 1 atom stereocenters. The molecule has 0 spiro atoms. The number of amides is 1. The van der Waals surface area contributed by atoms with Crippen LogP contribution in [0.25, 0.3) is 0 Å². The summed E-state index contributed by atoms with van der Waals surface area (Å²) in [4.78, 5) is 12.5. The average molecular weight is 394 g/mol. The molecule has 0 saturated carbocycles. The Hall–Kier alpha value is -2.32. The minimum absolute atomic E-state index is 0.0505. The third kappa shape index (κ3) is 4.51. The number of sulfonamides is 1. The van der Waals surface area contributed by atoms with Crippen molar-refractivity contribution < 1.29 is 22.0 Å². The van der Waals surface area contributed by atoms with Crippen LogP contribution in [-0.2, 0) is 14.8 Å². The van der Waals surface area contributed by atoms with Crippen LogP contribution in [0, 0.1) is 11.6 Å². The number of benzene rings is 2. The third-order valence-electron chi connectivity index (χ3n) is 4.55. The van der Waals surface area contributed by atoms with E-state index in [2.05, 4.69) is 5.32 Å². The number of piperidine rings is 1. The first-order chi connectivity index (χ1) is 12.9. The standard InChI is InChI=1S/C19H20F2N2O3S/c20-17-10-9-14(12-18(17)21)22-19(24)13-15-6-4-5-11-23(15)27(25,26)16-7-2-1-3-8-16/h1-3,7-10,12,15H,4-6,11,13H2,(H,22,24)/t15-/m0/s1. The number of hydrogen-bond acceptors (Lipinski definition) is 3. The van der Waals surface area contributed by atoms with E-state index in [1.165, 1.54) is 22.5 Å². The van der Waals surface area contributed by atoms with Gasteiger partial charge in [-0.3, -0.25) is 4.79 Å². The minimum Gasteiger partial charge on any atom is -0.326 e. The Morgan fingerprint density at radius 3 is 2.52 bits per heavy atom. The molecule has 2 aromatic rings. The Labute approximate surface area is 157 Å². The molecule has 0 aromatic heterocycles. The SMILES string of the molecule is O=C(C[C@@H]1CCCCN1S(=O)(=O)c1ccccc1)Nc1ccc(F)c(F)c1. The molecule has 3 rings (SSSR count). The van der Waals surface area contributed by atoms with E-state index in [0.29, 0.717) is 13.0 Å². The fourth-order valence-corrected chi connectivity index (χ4v) is 4.94. The van der Waals surface area contributed by atoms with Gasteiger partial charge in [-0.2, -0.15) is 4.31 Å². The second-order valence-electron chi connectivity index (χ2n) is 6.46. The fourth-order valence-electron chi connectivity index (χ4n) is 3.22. The van der Waals surface area contributed by atoms with Gasteiger partial charge in [-0.05, 0) is 37.1 Å². The highest BCUT2D eigenvalue weighted by Crippen LogP contribution is 2.27. The van der Waals surface area contributed by atoms with Crippen LogP contribution in [0.5, 0.6) is 0 Å². The van der Waals surface area contributed by atoms with Crippen molar-refractivity contribution in [3.63, 3.8) is 0 Å². The monoisotopic (exact) mass is 394 g/mol. The largest absolute Gasteiger partial charge is 0.326 e. The maximum Gasteiger partial charge on any atom is 0.243 e. The molecular weight excluding hydrogens is 374 g/mol. The summed E-state index contributed by atoms with van der Waals surface area (Å²) in [5, 5.41) is 2.50. The maximum absolute atomic E-state index is 13.3. The van der Waals surface area contributed by atoms with Gasteiger partial charge >= 0.3 is 0 Å². The molecule has 27 heavy (non-hydrogen) atoms. The van der Waals surface area contributed by atoms with Crippen molar-refractivity contribution in [1.82, 2.24) is 4.31 Å². The number of nitrogens with zero attached hydrogens (tertiary/aromatic N) is 1. The van der Waals surface area contributed by atoms with Crippen LogP contribution >= 0.6 is 0 Å². The lowest BCUT2D eigenvalue weighted by Crippen LogP contribution is -2.45. The molecule has 0 unspecified atom stereocenters. The zero-order valence-corrected chi connectivity index (χ0v) is 15.4. The smallest absolute Gasteiger partial charge is 0.243 e. The first-order valence-electron chi connectivity index (χ1n) is 8.70. The highest BCUT2D eigenvalue weighted by molar-refractivity contribution is 7.89. The van der Waals surface area contributed by atoms with E-state index in [4.69, 9.17) is 0 Å². The van der Waals surface area contributed by atoms with Crippen molar-refractivity contribution in [1.29, 1.82) is 0 Å². The number of anilines is 1. The van der Waals surface area contributed by atoms with Crippen LogP contribution in [0.2, 0.25) is 0 Å². The van der Waals surface area contributed by atoms with Gasteiger partial charge in [0.2, 0.25) is 15.9 Å². The van der Waals surface area contributed by atoms with Crippen molar-refractivity contribution in [3.05, 3.63) is 60.2 Å².